The van der Waals surface area contributed by atoms with E-state index in [-0.39, 0.29) is 11.6 Å². The van der Waals surface area contributed by atoms with E-state index in [2.05, 4.69) is 33.0 Å². The molecule has 0 aliphatic heterocycles. The summed E-state index contributed by atoms with van der Waals surface area (Å²) >= 11 is 0. The maximum absolute atomic E-state index is 11.5. The van der Waals surface area contributed by atoms with Crippen molar-refractivity contribution in [1.82, 2.24) is 5.32 Å². The molecule has 0 heterocycles. The second-order valence-electron chi connectivity index (χ2n) is 7.17. The van der Waals surface area contributed by atoms with Gasteiger partial charge < -0.3 is 10.1 Å². The van der Waals surface area contributed by atoms with Crippen LogP contribution in [-0.4, -0.2) is 24.2 Å². The molecule has 3 heteroatoms. The third-order valence-corrected chi connectivity index (χ3v) is 4.12. The van der Waals surface area contributed by atoms with Crippen LogP contribution in [0.4, 0.5) is 0 Å². The van der Waals surface area contributed by atoms with Gasteiger partial charge in [0.1, 0.15) is 5.60 Å². The van der Waals surface area contributed by atoms with Crippen molar-refractivity contribution >= 4 is 5.97 Å². The highest BCUT2D eigenvalue weighted by atomic mass is 16.6. The van der Waals surface area contributed by atoms with Gasteiger partial charge in [-0.2, -0.15) is 0 Å². The third kappa shape index (κ3) is 3.21. The predicted octanol–water partition coefficient (Wildman–Crippen LogP) is 2.74. The first-order valence-corrected chi connectivity index (χ1v) is 6.44. The summed E-state index contributed by atoms with van der Waals surface area (Å²) in [7, 11) is 0. The van der Waals surface area contributed by atoms with Gasteiger partial charge in [-0.05, 0) is 31.6 Å². The number of hydrogen-bond donors (Lipinski definition) is 1. The van der Waals surface area contributed by atoms with Gasteiger partial charge in [0.15, 0.2) is 0 Å². The van der Waals surface area contributed by atoms with E-state index in [4.69, 9.17) is 4.74 Å². The maximum atomic E-state index is 11.5. The topological polar surface area (TPSA) is 38.3 Å². The third-order valence-electron chi connectivity index (χ3n) is 4.12. The molecule has 1 aliphatic rings. The molecule has 0 atom stereocenters. The van der Waals surface area contributed by atoms with Crippen molar-refractivity contribution in [3.63, 3.8) is 0 Å². The molecular weight excluding hydrogens is 214 g/mol. The van der Waals surface area contributed by atoms with Gasteiger partial charge in [0.05, 0.1) is 6.42 Å². The van der Waals surface area contributed by atoms with Crippen molar-refractivity contribution in [2.24, 2.45) is 10.8 Å². The zero-order valence-electron chi connectivity index (χ0n) is 12.3. The molecule has 1 fully saturated rings. The van der Waals surface area contributed by atoms with E-state index in [0.29, 0.717) is 29.8 Å². The molecule has 0 radical (unpaired) electrons. The van der Waals surface area contributed by atoms with Crippen LogP contribution >= 0.6 is 0 Å². The summed E-state index contributed by atoms with van der Waals surface area (Å²) in [5.74, 6) is -0.124. The standard InChI is InChI=1S/C14H27NO2/c1-12(2,3)17-10(16)8-9-15-11-13(4,5)14(11,6)7/h11,15H,8-9H2,1-7H3. The first-order valence-electron chi connectivity index (χ1n) is 6.44. The summed E-state index contributed by atoms with van der Waals surface area (Å²) in [6, 6.07) is 0.498. The molecule has 0 bridgehead atoms. The van der Waals surface area contributed by atoms with Crippen molar-refractivity contribution in [2.45, 2.75) is 66.5 Å². The Bertz CT molecular complexity index is 286. The van der Waals surface area contributed by atoms with E-state index in [1.165, 1.54) is 0 Å². The Morgan fingerprint density at radius 1 is 1.18 bits per heavy atom. The normalized spacial score (nSPS) is 22.3. The highest BCUT2D eigenvalue weighted by Gasteiger charge is 2.64. The number of carbonyl (C=O) groups is 1. The van der Waals surface area contributed by atoms with Crippen molar-refractivity contribution < 1.29 is 9.53 Å². The minimum Gasteiger partial charge on any atom is -0.460 e. The van der Waals surface area contributed by atoms with E-state index in [1.807, 2.05) is 20.8 Å². The smallest absolute Gasteiger partial charge is 0.307 e. The molecule has 1 saturated carbocycles. The second-order valence-corrected chi connectivity index (χ2v) is 7.17. The first kappa shape index (κ1) is 14.5. The van der Waals surface area contributed by atoms with Gasteiger partial charge in [0.25, 0.3) is 0 Å². The van der Waals surface area contributed by atoms with Gasteiger partial charge >= 0.3 is 5.97 Å². The lowest BCUT2D eigenvalue weighted by Gasteiger charge is -2.19. The number of ether oxygens (including phenoxy) is 1. The first-order chi connectivity index (χ1) is 7.48. The summed E-state index contributed by atoms with van der Waals surface area (Å²) in [5.41, 5.74) is 0.261. The summed E-state index contributed by atoms with van der Waals surface area (Å²) in [5, 5.41) is 3.45. The summed E-state index contributed by atoms with van der Waals surface area (Å²) < 4.78 is 5.26. The van der Waals surface area contributed by atoms with Crippen LogP contribution in [0.5, 0.6) is 0 Å². The van der Waals surface area contributed by atoms with Crippen LogP contribution in [0, 0.1) is 10.8 Å². The molecule has 1 rings (SSSR count). The molecule has 1 aliphatic carbocycles. The lowest BCUT2D eigenvalue weighted by molar-refractivity contribution is -0.154. The van der Waals surface area contributed by atoms with Gasteiger partial charge in [0, 0.05) is 12.6 Å². The highest BCUT2D eigenvalue weighted by molar-refractivity contribution is 5.70. The van der Waals surface area contributed by atoms with E-state index in [1.54, 1.807) is 0 Å². The largest absolute Gasteiger partial charge is 0.460 e. The molecule has 0 saturated heterocycles. The Kier molecular flexibility index (Phi) is 3.64. The monoisotopic (exact) mass is 241 g/mol. The maximum Gasteiger partial charge on any atom is 0.307 e. The molecule has 1 N–H and O–H groups in total. The van der Waals surface area contributed by atoms with E-state index in [9.17, 15) is 4.79 Å². The van der Waals surface area contributed by atoms with Crippen LogP contribution in [0.2, 0.25) is 0 Å². The van der Waals surface area contributed by atoms with E-state index >= 15 is 0 Å². The molecule has 0 spiro atoms. The Morgan fingerprint density at radius 3 is 2.00 bits per heavy atom. The molecule has 0 aromatic rings. The zero-order valence-corrected chi connectivity index (χ0v) is 12.3. The van der Waals surface area contributed by atoms with Crippen molar-refractivity contribution in [1.29, 1.82) is 0 Å². The average molecular weight is 241 g/mol. The Hall–Kier alpha value is -0.570. The van der Waals surface area contributed by atoms with Gasteiger partial charge in [-0.15, -0.1) is 0 Å². The van der Waals surface area contributed by atoms with Crippen molar-refractivity contribution in [3.05, 3.63) is 0 Å². The fraction of sp³-hybridized carbons (Fsp3) is 0.929. The van der Waals surface area contributed by atoms with E-state index in [0.717, 1.165) is 0 Å². The van der Waals surface area contributed by atoms with Gasteiger partial charge in [0.2, 0.25) is 0 Å². The highest BCUT2D eigenvalue weighted by Crippen LogP contribution is 2.62. The van der Waals surface area contributed by atoms with Crippen LogP contribution < -0.4 is 5.32 Å². The predicted molar refractivity (Wildman–Crippen MR) is 69.8 cm³/mol. The zero-order chi connectivity index (χ0) is 13.5. The van der Waals surface area contributed by atoms with Crippen LogP contribution in [-0.2, 0) is 9.53 Å². The molecule has 0 unspecified atom stereocenters. The Balaban J connectivity index is 2.25. The number of nitrogens with one attached hydrogen (secondary N) is 1. The number of esters is 1. The van der Waals surface area contributed by atoms with Gasteiger partial charge in [-0.25, -0.2) is 0 Å². The summed E-state index contributed by atoms with van der Waals surface area (Å²) in [6.07, 6.45) is 0.444. The van der Waals surface area contributed by atoms with Crippen LogP contribution in [0.15, 0.2) is 0 Å². The van der Waals surface area contributed by atoms with Gasteiger partial charge in [-0.1, -0.05) is 27.7 Å². The number of hydrogen-bond acceptors (Lipinski definition) is 3. The fourth-order valence-electron chi connectivity index (χ4n) is 2.42. The second kappa shape index (κ2) is 4.27. The molecule has 0 aromatic heterocycles. The molecule has 100 valence electrons. The minimum atomic E-state index is -0.380. The summed E-state index contributed by atoms with van der Waals surface area (Å²) in [4.78, 5) is 11.5. The minimum absolute atomic E-state index is 0.124. The molecule has 17 heavy (non-hydrogen) atoms. The lowest BCUT2D eigenvalue weighted by atomic mass is 10.0. The Labute approximate surface area is 105 Å². The molecular formula is C14H27NO2. The summed E-state index contributed by atoms with van der Waals surface area (Å²) in [6.45, 7) is 15.4. The van der Waals surface area contributed by atoms with Crippen LogP contribution in [0.25, 0.3) is 0 Å². The molecule has 0 aromatic carbocycles. The lowest BCUT2D eigenvalue weighted by Crippen LogP contribution is -2.29. The fourth-order valence-corrected chi connectivity index (χ4v) is 2.42. The quantitative estimate of drug-likeness (QED) is 0.769. The average Bonchev–Trinajstić information content (AvgIpc) is 2.43. The van der Waals surface area contributed by atoms with Crippen LogP contribution in [0.3, 0.4) is 0 Å². The number of rotatable bonds is 4. The van der Waals surface area contributed by atoms with Crippen LogP contribution in [0.1, 0.15) is 54.9 Å². The van der Waals surface area contributed by atoms with E-state index < -0.39 is 0 Å². The van der Waals surface area contributed by atoms with Gasteiger partial charge in [-0.3, -0.25) is 4.79 Å². The Morgan fingerprint density at radius 2 is 1.65 bits per heavy atom. The van der Waals surface area contributed by atoms with Crippen molar-refractivity contribution in [2.75, 3.05) is 6.54 Å². The SMILES string of the molecule is CC(C)(C)OC(=O)CCNC1C(C)(C)C1(C)C. The van der Waals surface area contributed by atoms with Crippen molar-refractivity contribution in [3.8, 4) is 0 Å². The number of carbonyl (C=O) groups excluding carboxylic acids is 1. The molecule has 3 nitrogen and oxygen atoms in total. The molecule has 0 amide bonds.